The smallest absolute Gasteiger partial charge is 0.125 e. The third kappa shape index (κ3) is 1.68. The molecule has 3 heteroatoms. The van der Waals surface area contributed by atoms with Crippen LogP contribution in [0.4, 0.5) is 10.1 Å². The second-order valence-electron chi connectivity index (χ2n) is 3.88. The van der Waals surface area contributed by atoms with Crippen LogP contribution in [0.3, 0.4) is 0 Å². The minimum Gasteiger partial charge on any atom is -0.398 e. The van der Waals surface area contributed by atoms with Gasteiger partial charge in [-0.2, -0.15) is 0 Å². The van der Waals surface area contributed by atoms with Crippen LogP contribution in [0.1, 0.15) is 0 Å². The van der Waals surface area contributed by atoms with Crippen molar-refractivity contribution in [1.29, 1.82) is 0 Å². The standard InChI is InChI=1S/C14H10FNS/c15-10-4-5-11(13(16)8-10)12-3-1-2-9-6-7-17-14(9)12/h1-8H,16H2. The average Bonchev–Trinajstić information content (AvgIpc) is 2.77. The minimum atomic E-state index is -0.301. The lowest BCUT2D eigenvalue weighted by Gasteiger charge is -2.07. The number of hydrogen-bond donors (Lipinski definition) is 1. The van der Waals surface area contributed by atoms with Gasteiger partial charge >= 0.3 is 0 Å². The molecule has 0 saturated heterocycles. The normalized spacial score (nSPS) is 10.9. The Balaban J connectivity index is 2.30. The zero-order valence-corrected chi connectivity index (χ0v) is 9.80. The molecule has 0 atom stereocenters. The molecule has 0 aliphatic rings. The van der Waals surface area contributed by atoms with Crippen molar-refractivity contribution in [2.24, 2.45) is 0 Å². The van der Waals surface area contributed by atoms with Crippen LogP contribution in [0.15, 0.2) is 47.8 Å². The third-order valence-electron chi connectivity index (χ3n) is 2.78. The van der Waals surface area contributed by atoms with Crippen LogP contribution in [0, 0.1) is 5.82 Å². The lowest BCUT2D eigenvalue weighted by atomic mass is 10.0. The van der Waals surface area contributed by atoms with Gasteiger partial charge in [0.2, 0.25) is 0 Å². The fraction of sp³-hybridized carbons (Fsp3) is 0. The first-order valence-corrected chi connectivity index (χ1v) is 6.15. The molecule has 1 aromatic heterocycles. The second kappa shape index (κ2) is 3.86. The van der Waals surface area contributed by atoms with E-state index in [4.69, 9.17) is 5.73 Å². The SMILES string of the molecule is Nc1cc(F)ccc1-c1cccc2ccsc12. The number of fused-ring (bicyclic) bond motifs is 1. The zero-order valence-electron chi connectivity index (χ0n) is 8.98. The van der Waals surface area contributed by atoms with E-state index in [9.17, 15) is 4.39 Å². The van der Waals surface area contributed by atoms with Crippen LogP contribution >= 0.6 is 11.3 Å². The number of nitrogens with two attached hydrogens (primary N) is 1. The fourth-order valence-electron chi connectivity index (χ4n) is 1.98. The van der Waals surface area contributed by atoms with E-state index in [1.54, 1.807) is 17.4 Å². The minimum absolute atomic E-state index is 0.301. The predicted molar refractivity (Wildman–Crippen MR) is 71.6 cm³/mol. The van der Waals surface area contributed by atoms with Crippen molar-refractivity contribution >= 4 is 27.1 Å². The summed E-state index contributed by atoms with van der Waals surface area (Å²) in [5, 5.41) is 3.24. The van der Waals surface area contributed by atoms with Crippen molar-refractivity contribution in [3.8, 4) is 11.1 Å². The quantitative estimate of drug-likeness (QED) is 0.634. The summed E-state index contributed by atoms with van der Waals surface area (Å²) in [4.78, 5) is 0. The number of halogens is 1. The largest absolute Gasteiger partial charge is 0.398 e. The summed E-state index contributed by atoms with van der Waals surface area (Å²) in [6.45, 7) is 0. The molecule has 0 bridgehead atoms. The van der Waals surface area contributed by atoms with Gasteiger partial charge in [-0.25, -0.2) is 4.39 Å². The number of thiophene rings is 1. The van der Waals surface area contributed by atoms with Crippen molar-refractivity contribution in [3.63, 3.8) is 0 Å². The van der Waals surface area contributed by atoms with Crippen LogP contribution in [0.5, 0.6) is 0 Å². The molecule has 3 rings (SSSR count). The van der Waals surface area contributed by atoms with Gasteiger partial charge < -0.3 is 5.73 Å². The van der Waals surface area contributed by atoms with E-state index in [0.29, 0.717) is 5.69 Å². The Morgan fingerprint density at radius 2 is 1.88 bits per heavy atom. The van der Waals surface area contributed by atoms with E-state index < -0.39 is 0 Å². The molecule has 0 aliphatic heterocycles. The van der Waals surface area contributed by atoms with Gasteiger partial charge in [-0.1, -0.05) is 18.2 Å². The van der Waals surface area contributed by atoms with Gasteiger partial charge in [-0.3, -0.25) is 0 Å². The Kier molecular flexibility index (Phi) is 2.34. The Hall–Kier alpha value is -1.87. The molecule has 0 fully saturated rings. The Morgan fingerprint density at radius 3 is 2.71 bits per heavy atom. The molecule has 0 spiro atoms. The summed E-state index contributed by atoms with van der Waals surface area (Å²) in [5.41, 5.74) is 8.31. The second-order valence-corrected chi connectivity index (χ2v) is 4.79. The molecule has 17 heavy (non-hydrogen) atoms. The van der Waals surface area contributed by atoms with E-state index in [-0.39, 0.29) is 5.82 Å². The zero-order chi connectivity index (χ0) is 11.8. The first-order valence-electron chi connectivity index (χ1n) is 5.27. The lowest BCUT2D eigenvalue weighted by Crippen LogP contribution is -1.91. The molecule has 0 aliphatic carbocycles. The first kappa shape index (κ1) is 10.3. The van der Waals surface area contributed by atoms with Crippen LogP contribution in [-0.2, 0) is 0 Å². The van der Waals surface area contributed by atoms with Gasteiger partial charge in [0.1, 0.15) is 5.82 Å². The molecule has 0 unspecified atom stereocenters. The van der Waals surface area contributed by atoms with E-state index in [2.05, 4.69) is 12.1 Å². The fourth-order valence-corrected chi connectivity index (χ4v) is 2.91. The molecular weight excluding hydrogens is 233 g/mol. The Bertz CT molecular complexity index is 688. The Labute approximate surface area is 102 Å². The highest BCUT2D eigenvalue weighted by Gasteiger charge is 2.08. The highest BCUT2D eigenvalue weighted by molar-refractivity contribution is 7.17. The Morgan fingerprint density at radius 1 is 1.00 bits per heavy atom. The van der Waals surface area contributed by atoms with E-state index in [0.717, 1.165) is 11.1 Å². The van der Waals surface area contributed by atoms with Crippen molar-refractivity contribution in [1.82, 2.24) is 0 Å². The maximum Gasteiger partial charge on any atom is 0.125 e. The summed E-state index contributed by atoms with van der Waals surface area (Å²) in [7, 11) is 0. The van der Waals surface area contributed by atoms with E-state index in [1.165, 1.54) is 22.2 Å². The van der Waals surface area contributed by atoms with Gasteiger partial charge in [0.25, 0.3) is 0 Å². The number of rotatable bonds is 1. The molecule has 84 valence electrons. The van der Waals surface area contributed by atoms with Gasteiger partial charge in [-0.05, 0) is 35.0 Å². The molecular formula is C14H10FNS. The molecule has 0 saturated carbocycles. The van der Waals surface area contributed by atoms with Crippen LogP contribution in [-0.4, -0.2) is 0 Å². The topological polar surface area (TPSA) is 26.0 Å². The molecule has 2 aromatic carbocycles. The van der Waals surface area contributed by atoms with Crippen LogP contribution < -0.4 is 5.73 Å². The highest BCUT2D eigenvalue weighted by atomic mass is 32.1. The number of anilines is 1. The average molecular weight is 243 g/mol. The van der Waals surface area contributed by atoms with Gasteiger partial charge in [-0.15, -0.1) is 11.3 Å². The van der Waals surface area contributed by atoms with Crippen molar-refractivity contribution in [2.75, 3.05) is 5.73 Å². The highest BCUT2D eigenvalue weighted by Crippen LogP contribution is 2.35. The molecule has 1 heterocycles. The molecule has 0 amide bonds. The van der Waals surface area contributed by atoms with Crippen LogP contribution in [0.25, 0.3) is 21.2 Å². The third-order valence-corrected chi connectivity index (χ3v) is 3.75. The first-order chi connectivity index (χ1) is 8.25. The van der Waals surface area contributed by atoms with Crippen molar-refractivity contribution in [3.05, 3.63) is 53.7 Å². The van der Waals surface area contributed by atoms with Gasteiger partial charge in [0.15, 0.2) is 0 Å². The number of benzene rings is 2. The summed E-state index contributed by atoms with van der Waals surface area (Å²) in [6.07, 6.45) is 0. The number of nitrogen functional groups attached to an aromatic ring is 1. The lowest BCUT2D eigenvalue weighted by molar-refractivity contribution is 0.628. The van der Waals surface area contributed by atoms with Gasteiger partial charge in [0.05, 0.1) is 0 Å². The summed E-state index contributed by atoms with van der Waals surface area (Å²) in [6, 6.07) is 12.7. The molecule has 1 nitrogen and oxygen atoms in total. The summed E-state index contributed by atoms with van der Waals surface area (Å²) < 4.78 is 14.2. The van der Waals surface area contributed by atoms with E-state index >= 15 is 0 Å². The van der Waals surface area contributed by atoms with E-state index in [1.807, 2.05) is 17.5 Å². The van der Waals surface area contributed by atoms with Crippen molar-refractivity contribution in [2.45, 2.75) is 0 Å². The maximum atomic E-state index is 13.0. The molecule has 2 N–H and O–H groups in total. The number of hydrogen-bond acceptors (Lipinski definition) is 2. The van der Waals surface area contributed by atoms with Gasteiger partial charge in [0, 0.05) is 21.5 Å². The monoisotopic (exact) mass is 243 g/mol. The molecule has 3 aromatic rings. The summed E-state index contributed by atoms with van der Waals surface area (Å²) in [5.74, 6) is -0.301. The maximum absolute atomic E-state index is 13.0. The predicted octanol–water partition coefficient (Wildman–Crippen LogP) is 4.29. The van der Waals surface area contributed by atoms with Crippen molar-refractivity contribution < 1.29 is 4.39 Å². The van der Waals surface area contributed by atoms with Crippen LogP contribution in [0.2, 0.25) is 0 Å². The molecule has 0 radical (unpaired) electrons. The summed E-state index contributed by atoms with van der Waals surface area (Å²) >= 11 is 1.67.